The normalized spacial score (nSPS) is 15.4. The molecule has 1 aliphatic carbocycles. The van der Waals surface area contributed by atoms with Crippen molar-refractivity contribution in [1.82, 2.24) is 4.31 Å². The molecule has 2 rings (SSSR count). The van der Waals surface area contributed by atoms with Crippen LogP contribution in [0.25, 0.3) is 0 Å². The van der Waals surface area contributed by atoms with Crippen molar-refractivity contribution in [3.8, 4) is 0 Å². The summed E-state index contributed by atoms with van der Waals surface area (Å²) in [6, 6.07) is 5.65. The molecule has 0 radical (unpaired) electrons. The molecule has 0 atom stereocenters. The number of sulfonamides is 1. The zero-order valence-electron chi connectivity index (χ0n) is 12.0. The molecule has 1 N–H and O–H groups in total. The first-order valence-corrected chi connectivity index (χ1v) is 8.47. The third kappa shape index (κ3) is 3.58. The van der Waals surface area contributed by atoms with Gasteiger partial charge in [-0.2, -0.15) is 4.31 Å². The highest BCUT2D eigenvalue weighted by Gasteiger charge is 2.36. The summed E-state index contributed by atoms with van der Waals surface area (Å²) in [7, 11) is -3.33. The monoisotopic (exact) mass is 296 g/mol. The Balaban J connectivity index is 2.07. The molecule has 1 aliphatic rings. The van der Waals surface area contributed by atoms with Crippen molar-refractivity contribution < 1.29 is 13.2 Å². The molecule has 1 aromatic carbocycles. The molecule has 0 saturated heterocycles. The van der Waals surface area contributed by atoms with E-state index in [4.69, 9.17) is 0 Å². The van der Waals surface area contributed by atoms with Crippen molar-refractivity contribution in [3.63, 3.8) is 0 Å². The van der Waals surface area contributed by atoms with Gasteiger partial charge < -0.3 is 5.32 Å². The predicted octanol–water partition coefficient (Wildman–Crippen LogP) is 1.67. The average molecular weight is 296 g/mol. The van der Waals surface area contributed by atoms with Gasteiger partial charge in [0.05, 0.1) is 12.8 Å². The fraction of sp³-hybridized carbons (Fsp3) is 0.500. The van der Waals surface area contributed by atoms with Crippen molar-refractivity contribution in [2.75, 3.05) is 18.1 Å². The fourth-order valence-electron chi connectivity index (χ4n) is 2.10. The van der Waals surface area contributed by atoms with E-state index in [0.717, 1.165) is 35.9 Å². The Morgan fingerprint density at radius 1 is 1.35 bits per heavy atom. The minimum atomic E-state index is -3.33. The van der Waals surface area contributed by atoms with Gasteiger partial charge in [-0.15, -0.1) is 0 Å². The number of nitrogens with zero attached hydrogens (tertiary/aromatic N) is 1. The van der Waals surface area contributed by atoms with E-state index >= 15 is 0 Å². The van der Waals surface area contributed by atoms with Gasteiger partial charge >= 0.3 is 0 Å². The number of hydrogen-bond acceptors (Lipinski definition) is 3. The smallest absolute Gasteiger partial charge is 0.239 e. The molecule has 0 aliphatic heterocycles. The van der Waals surface area contributed by atoms with Crippen LogP contribution in [-0.4, -0.2) is 37.5 Å². The lowest BCUT2D eigenvalue weighted by Gasteiger charge is -2.19. The molecule has 6 heteroatoms. The zero-order valence-corrected chi connectivity index (χ0v) is 12.8. The van der Waals surface area contributed by atoms with Crippen LogP contribution >= 0.6 is 0 Å². The number of amides is 1. The Morgan fingerprint density at radius 2 is 2.00 bits per heavy atom. The van der Waals surface area contributed by atoms with Gasteiger partial charge in [0.1, 0.15) is 0 Å². The number of hydrogen-bond donors (Lipinski definition) is 1. The van der Waals surface area contributed by atoms with E-state index in [9.17, 15) is 13.2 Å². The maximum absolute atomic E-state index is 12.0. The molecule has 110 valence electrons. The van der Waals surface area contributed by atoms with E-state index in [1.54, 1.807) is 0 Å². The summed E-state index contributed by atoms with van der Waals surface area (Å²) in [5.74, 6) is -0.295. The first-order valence-electron chi connectivity index (χ1n) is 6.62. The summed E-state index contributed by atoms with van der Waals surface area (Å²) in [5.41, 5.74) is 2.82. The molecular weight excluding hydrogens is 276 g/mol. The molecule has 1 amide bonds. The third-order valence-corrected chi connectivity index (χ3v) is 4.84. The van der Waals surface area contributed by atoms with Crippen LogP contribution in [0.1, 0.15) is 24.0 Å². The number of rotatable bonds is 5. The zero-order chi connectivity index (χ0) is 14.9. The Bertz CT molecular complexity index is 621. The topological polar surface area (TPSA) is 66.5 Å². The van der Waals surface area contributed by atoms with Crippen molar-refractivity contribution >= 4 is 21.6 Å². The van der Waals surface area contributed by atoms with E-state index in [1.165, 1.54) is 4.31 Å². The fourth-order valence-corrected chi connectivity index (χ4v) is 3.20. The van der Waals surface area contributed by atoms with Gasteiger partial charge in [-0.05, 0) is 43.9 Å². The van der Waals surface area contributed by atoms with Gasteiger partial charge in [0, 0.05) is 11.7 Å². The van der Waals surface area contributed by atoms with Crippen LogP contribution in [0.15, 0.2) is 18.2 Å². The Morgan fingerprint density at radius 3 is 2.55 bits per heavy atom. The molecule has 1 saturated carbocycles. The summed E-state index contributed by atoms with van der Waals surface area (Å²) in [4.78, 5) is 12.0. The van der Waals surface area contributed by atoms with E-state index in [-0.39, 0.29) is 18.5 Å². The van der Waals surface area contributed by atoms with Gasteiger partial charge in [0.15, 0.2) is 0 Å². The molecular formula is C14H20N2O3S. The molecule has 0 unspecified atom stereocenters. The van der Waals surface area contributed by atoms with Crippen molar-refractivity contribution in [2.24, 2.45) is 0 Å². The molecule has 0 heterocycles. The molecule has 0 bridgehead atoms. The number of aryl methyl sites for hydroxylation is 1. The van der Waals surface area contributed by atoms with Crippen molar-refractivity contribution in [3.05, 3.63) is 29.3 Å². The van der Waals surface area contributed by atoms with E-state index in [0.29, 0.717) is 0 Å². The lowest BCUT2D eigenvalue weighted by Crippen LogP contribution is -2.38. The summed E-state index contributed by atoms with van der Waals surface area (Å²) >= 11 is 0. The Labute approximate surface area is 120 Å². The van der Waals surface area contributed by atoms with Crippen LogP contribution < -0.4 is 5.32 Å². The molecule has 1 fully saturated rings. The average Bonchev–Trinajstić information content (AvgIpc) is 3.15. The highest BCUT2D eigenvalue weighted by atomic mass is 32.2. The Hall–Kier alpha value is -1.40. The first-order chi connectivity index (χ1) is 9.29. The summed E-state index contributed by atoms with van der Waals surface area (Å²) in [5, 5.41) is 2.79. The number of carbonyl (C=O) groups excluding carboxylic acids is 1. The van der Waals surface area contributed by atoms with Crippen LogP contribution in [0.4, 0.5) is 5.69 Å². The minimum Gasteiger partial charge on any atom is -0.325 e. The number of nitrogens with one attached hydrogen (secondary N) is 1. The second-order valence-electron chi connectivity index (χ2n) is 5.34. The molecule has 5 nitrogen and oxygen atoms in total. The van der Waals surface area contributed by atoms with E-state index in [2.05, 4.69) is 5.32 Å². The number of carbonyl (C=O) groups is 1. The molecule has 0 aromatic heterocycles. The highest BCUT2D eigenvalue weighted by Crippen LogP contribution is 2.28. The van der Waals surface area contributed by atoms with Crippen LogP contribution in [0.3, 0.4) is 0 Å². The standard InChI is InChI=1S/C14H20N2O3S/c1-10-5-4-6-13(11(10)2)15-14(17)9-16(12-7-8-12)20(3,18)19/h4-6,12H,7-9H2,1-3H3,(H,15,17). The van der Waals surface area contributed by atoms with Crippen molar-refractivity contribution in [2.45, 2.75) is 32.7 Å². The summed E-state index contributed by atoms with van der Waals surface area (Å²) < 4.78 is 24.6. The largest absolute Gasteiger partial charge is 0.325 e. The van der Waals surface area contributed by atoms with Gasteiger partial charge in [-0.3, -0.25) is 4.79 Å². The van der Waals surface area contributed by atoms with Crippen LogP contribution in [0.5, 0.6) is 0 Å². The van der Waals surface area contributed by atoms with Gasteiger partial charge in [0.2, 0.25) is 15.9 Å². The first kappa shape index (κ1) is 15.0. The van der Waals surface area contributed by atoms with Gasteiger partial charge in [-0.1, -0.05) is 12.1 Å². The van der Waals surface area contributed by atoms with Crippen LogP contribution in [-0.2, 0) is 14.8 Å². The minimum absolute atomic E-state index is 0.00523. The van der Waals surface area contributed by atoms with E-state index in [1.807, 2.05) is 32.0 Å². The predicted molar refractivity (Wildman–Crippen MR) is 79.1 cm³/mol. The van der Waals surface area contributed by atoms with E-state index < -0.39 is 10.0 Å². The lowest BCUT2D eigenvalue weighted by atomic mass is 10.1. The summed E-state index contributed by atoms with van der Waals surface area (Å²) in [6.07, 6.45) is 2.82. The lowest BCUT2D eigenvalue weighted by molar-refractivity contribution is -0.116. The highest BCUT2D eigenvalue weighted by molar-refractivity contribution is 7.88. The Kier molecular flexibility index (Phi) is 4.15. The number of anilines is 1. The molecule has 20 heavy (non-hydrogen) atoms. The van der Waals surface area contributed by atoms with Crippen LogP contribution in [0, 0.1) is 13.8 Å². The molecule has 1 aromatic rings. The SMILES string of the molecule is Cc1cccc(NC(=O)CN(C2CC2)S(C)(=O)=O)c1C. The number of benzene rings is 1. The third-order valence-electron chi connectivity index (χ3n) is 3.56. The maximum Gasteiger partial charge on any atom is 0.239 e. The van der Waals surface area contributed by atoms with Gasteiger partial charge in [0.25, 0.3) is 0 Å². The van der Waals surface area contributed by atoms with Gasteiger partial charge in [-0.25, -0.2) is 8.42 Å². The maximum atomic E-state index is 12.0. The quantitative estimate of drug-likeness (QED) is 0.898. The van der Waals surface area contributed by atoms with Crippen LogP contribution in [0.2, 0.25) is 0 Å². The molecule has 0 spiro atoms. The second-order valence-corrected chi connectivity index (χ2v) is 7.27. The van der Waals surface area contributed by atoms with Crippen molar-refractivity contribution in [1.29, 1.82) is 0 Å². The summed E-state index contributed by atoms with van der Waals surface area (Å²) in [6.45, 7) is 3.79. The second kappa shape index (κ2) is 5.54.